The number of hydrogen-bond donors (Lipinski definition) is 1. The van der Waals surface area contributed by atoms with Crippen LogP contribution < -0.4 is 5.32 Å². The molecule has 0 spiro atoms. The van der Waals surface area contributed by atoms with E-state index in [1.807, 2.05) is 54.6 Å². The minimum absolute atomic E-state index is 0.201. The topological polar surface area (TPSA) is 129 Å². The molecule has 6 rings (SSSR count). The van der Waals surface area contributed by atoms with Crippen molar-refractivity contribution in [2.24, 2.45) is 0 Å². The molecule has 2 heterocycles. The summed E-state index contributed by atoms with van der Waals surface area (Å²) >= 11 is 0. The molecule has 0 bridgehead atoms. The molecule has 0 unspecified atom stereocenters. The molecule has 0 radical (unpaired) electrons. The van der Waals surface area contributed by atoms with Gasteiger partial charge < -0.3 is 14.2 Å². The van der Waals surface area contributed by atoms with Gasteiger partial charge in [0.25, 0.3) is 0 Å². The lowest BCUT2D eigenvalue weighted by molar-refractivity contribution is -0.114. The van der Waals surface area contributed by atoms with Gasteiger partial charge in [-0.25, -0.2) is 9.97 Å². The van der Waals surface area contributed by atoms with E-state index >= 15 is 0 Å². The van der Waals surface area contributed by atoms with Gasteiger partial charge >= 0.3 is 0 Å². The Hall–Kier alpha value is -5.99. The third kappa shape index (κ3) is 4.81. The maximum atomic E-state index is 11.9. The third-order valence-electron chi connectivity index (χ3n) is 6.26. The lowest BCUT2D eigenvalue weighted by atomic mass is 10.1. The van der Waals surface area contributed by atoms with Crippen LogP contribution in [0.25, 0.3) is 57.3 Å². The average Bonchev–Trinajstić information content (AvgIpc) is 3.60. The molecule has 1 amide bonds. The lowest BCUT2D eigenvalue weighted by Crippen LogP contribution is -2.07. The molecular formula is C32H19N5O3. The summed E-state index contributed by atoms with van der Waals surface area (Å²) < 4.78 is 11.7. The molecular weight excluding hydrogens is 502 g/mol. The lowest BCUT2D eigenvalue weighted by Gasteiger charge is -2.08. The largest absolute Gasteiger partial charge is 0.436 e. The molecule has 0 aliphatic rings. The number of hydrogen-bond acceptors (Lipinski definition) is 7. The number of aromatic nitrogens is 2. The van der Waals surface area contributed by atoms with Gasteiger partial charge in [-0.3, -0.25) is 4.79 Å². The Bertz CT molecular complexity index is 2040. The highest BCUT2D eigenvalue weighted by Crippen LogP contribution is 2.30. The number of nitriles is 2. The Morgan fingerprint density at radius 1 is 0.750 bits per heavy atom. The molecule has 0 saturated heterocycles. The maximum absolute atomic E-state index is 11.9. The molecule has 0 saturated carbocycles. The first-order valence-corrected chi connectivity index (χ1v) is 12.3. The van der Waals surface area contributed by atoms with E-state index in [1.54, 1.807) is 36.4 Å². The maximum Gasteiger partial charge on any atom is 0.227 e. The summed E-state index contributed by atoms with van der Waals surface area (Å²) in [7, 11) is 0. The van der Waals surface area contributed by atoms with E-state index in [9.17, 15) is 4.79 Å². The SMILES string of the molecule is CC(=O)Nc1cc(-c2nc3ccc(C#N)cc3o2)ccc1C=Cc1ccc(-c2nc3ccc(C#N)cc3o2)cc1. The second-order valence-electron chi connectivity index (χ2n) is 9.07. The van der Waals surface area contributed by atoms with E-state index in [1.165, 1.54) is 6.92 Å². The molecule has 8 nitrogen and oxygen atoms in total. The Morgan fingerprint density at radius 3 is 1.90 bits per heavy atom. The summed E-state index contributed by atoms with van der Waals surface area (Å²) in [5, 5.41) is 21.1. The predicted octanol–water partition coefficient (Wildman–Crippen LogP) is 7.18. The number of anilines is 1. The molecule has 6 aromatic rings. The second kappa shape index (κ2) is 10.1. The summed E-state index contributed by atoms with van der Waals surface area (Å²) in [6.45, 7) is 1.45. The van der Waals surface area contributed by atoms with Crippen LogP contribution in [0.3, 0.4) is 0 Å². The molecule has 0 aliphatic carbocycles. The summed E-state index contributed by atoms with van der Waals surface area (Å²) in [4.78, 5) is 21.0. The van der Waals surface area contributed by atoms with Crippen LogP contribution in [0.4, 0.5) is 5.69 Å². The number of carbonyl (C=O) groups excluding carboxylic acids is 1. The molecule has 0 aliphatic heterocycles. The van der Waals surface area contributed by atoms with Crippen molar-refractivity contribution in [3.05, 3.63) is 101 Å². The van der Waals surface area contributed by atoms with Gasteiger partial charge in [0.15, 0.2) is 11.2 Å². The number of rotatable bonds is 5. The monoisotopic (exact) mass is 521 g/mol. The first-order valence-electron chi connectivity index (χ1n) is 12.3. The van der Waals surface area contributed by atoms with Crippen molar-refractivity contribution < 1.29 is 13.6 Å². The molecule has 2 aromatic heterocycles. The van der Waals surface area contributed by atoms with Gasteiger partial charge in [-0.1, -0.05) is 30.4 Å². The zero-order valence-corrected chi connectivity index (χ0v) is 21.2. The Balaban J connectivity index is 1.26. The van der Waals surface area contributed by atoms with Crippen molar-refractivity contribution in [3.63, 3.8) is 0 Å². The van der Waals surface area contributed by atoms with Crippen LogP contribution in [0.5, 0.6) is 0 Å². The van der Waals surface area contributed by atoms with Gasteiger partial charge in [-0.15, -0.1) is 0 Å². The van der Waals surface area contributed by atoms with Crippen molar-refractivity contribution >= 4 is 45.9 Å². The molecule has 8 heteroatoms. The Kier molecular flexibility index (Phi) is 6.12. The van der Waals surface area contributed by atoms with E-state index < -0.39 is 0 Å². The number of benzene rings is 4. The van der Waals surface area contributed by atoms with Crippen molar-refractivity contribution in [2.45, 2.75) is 6.92 Å². The van der Waals surface area contributed by atoms with Gasteiger partial charge in [0.2, 0.25) is 17.7 Å². The van der Waals surface area contributed by atoms with Gasteiger partial charge in [0.05, 0.1) is 23.3 Å². The fourth-order valence-corrected chi connectivity index (χ4v) is 4.29. The van der Waals surface area contributed by atoms with Crippen LogP contribution in [0.15, 0.2) is 87.7 Å². The summed E-state index contributed by atoms with van der Waals surface area (Å²) in [5.74, 6) is 0.672. The van der Waals surface area contributed by atoms with Crippen molar-refractivity contribution in [1.82, 2.24) is 9.97 Å². The van der Waals surface area contributed by atoms with Crippen LogP contribution in [-0.4, -0.2) is 15.9 Å². The van der Waals surface area contributed by atoms with E-state index in [-0.39, 0.29) is 5.91 Å². The molecule has 1 N–H and O–H groups in total. The number of fused-ring (bicyclic) bond motifs is 2. The standard InChI is InChI=1S/C32H19N5O3/c1-19(38)35-28-16-25(32-37-27-13-6-22(18-34)15-30(27)40-32)11-10-23(28)7-2-20-3-8-24(9-4-20)31-36-26-12-5-21(17-33)14-29(26)39-31/h2-16H,1H3,(H,35,38). The van der Waals surface area contributed by atoms with Gasteiger partial charge in [-0.05, 0) is 59.7 Å². The minimum atomic E-state index is -0.201. The Labute approximate surface area is 228 Å². The minimum Gasteiger partial charge on any atom is -0.436 e. The first kappa shape index (κ1) is 24.4. The summed E-state index contributed by atoms with van der Waals surface area (Å²) in [5.41, 5.74) is 7.30. The predicted molar refractivity (Wildman–Crippen MR) is 152 cm³/mol. The average molecular weight is 522 g/mol. The van der Waals surface area contributed by atoms with Crippen LogP contribution in [0, 0.1) is 22.7 Å². The molecule has 0 atom stereocenters. The number of nitrogens with one attached hydrogen (secondary N) is 1. The second-order valence-corrected chi connectivity index (χ2v) is 9.07. The zero-order chi connectivity index (χ0) is 27.6. The quantitative estimate of drug-likeness (QED) is 0.238. The molecule has 4 aromatic carbocycles. The van der Waals surface area contributed by atoms with E-state index in [2.05, 4.69) is 27.4 Å². The Morgan fingerprint density at radius 2 is 1.32 bits per heavy atom. The smallest absolute Gasteiger partial charge is 0.227 e. The first-order chi connectivity index (χ1) is 19.5. The van der Waals surface area contributed by atoms with Crippen LogP contribution in [-0.2, 0) is 4.79 Å². The number of carbonyl (C=O) groups is 1. The van der Waals surface area contributed by atoms with Crippen LogP contribution in [0.1, 0.15) is 29.2 Å². The molecule has 40 heavy (non-hydrogen) atoms. The number of oxazole rings is 2. The summed E-state index contributed by atoms with van der Waals surface area (Å²) in [6, 6.07) is 27.7. The highest BCUT2D eigenvalue weighted by atomic mass is 16.4. The van der Waals surface area contributed by atoms with Crippen molar-refractivity contribution in [3.8, 4) is 35.0 Å². The van der Waals surface area contributed by atoms with E-state index in [0.717, 1.165) is 16.7 Å². The normalized spacial score (nSPS) is 11.1. The highest BCUT2D eigenvalue weighted by Gasteiger charge is 2.12. The number of amides is 1. The van der Waals surface area contributed by atoms with Crippen molar-refractivity contribution in [1.29, 1.82) is 10.5 Å². The fourth-order valence-electron chi connectivity index (χ4n) is 4.29. The van der Waals surface area contributed by atoms with Gasteiger partial charge in [0, 0.05) is 35.9 Å². The zero-order valence-electron chi connectivity index (χ0n) is 21.2. The molecule has 190 valence electrons. The van der Waals surface area contributed by atoms with E-state index in [4.69, 9.17) is 19.4 Å². The van der Waals surface area contributed by atoms with Crippen LogP contribution >= 0.6 is 0 Å². The van der Waals surface area contributed by atoms with Crippen molar-refractivity contribution in [2.75, 3.05) is 5.32 Å². The number of nitrogens with zero attached hydrogens (tertiary/aromatic N) is 4. The highest BCUT2D eigenvalue weighted by molar-refractivity contribution is 5.93. The summed E-state index contributed by atoms with van der Waals surface area (Å²) in [6.07, 6.45) is 3.86. The third-order valence-corrected chi connectivity index (χ3v) is 6.26. The van der Waals surface area contributed by atoms with E-state index in [0.29, 0.717) is 56.4 Å². The molecule has 0 fully saturated rings. The van der Waals surface area contributed by atoms with Gasteiger partial charge in [-0.2, -0.15) is 10.5 Å². The van der Waals surface area contributed by atoms with Crippen LogP contribution in [0.2, 0.25) is 0 Å². The van der Waals surface area contributed by atoms with Gasteiger partial charge in [0.1, 0.15) is 11.0 Å². The fraction of sp³-hybridized carbons (Fsp3) is 0.0312.